The lowest BCUT2D eigenvalue weighted by molar-refractivity contribution is -0.205. The van der Waals surface area contributed by atoms with Gasteiger partial charge in [-0.05, 0) is 19.3 Å². The second-order valence-corrected chi connectivity index (χ2v) is 9.97. The van der Waals surface area contributed by atoms with Gasteiger partial charge in [-0.25, -0.2) is 4.28 Å². The predicted molar refractivity (Wildman–Crippen MR) is 103 cm³/mol. The minimum Gasteiger partial charge on any atom is -0.394 e. The maximum atomic E-state index is 11.0. The number of nitrogens with zero attached hydrogens (tertiary/aromatic N) is 1. The van der Waals surface area contributed by atoms with Gasteiger partial charge in [0.25, 0.3) is 0 Å². The number of aliphatic hydroxyl groups is 4. The van der Waals surface area contributed by atoms with Gasteiger partial charge in [-0.3, -0.25) is 8.76 Å². The number of aliphatic hydroxyl groups excluding tert-OH is 4. The zero-order valence-electron chi connectivity index (χ0n) is 15.3. The van der Waals surface area contributed by atoms with E-state index in [1.165, 1.54) is 0 Å². The van der Waals surface area contributed by atoms with Crippen molar-refractivity contribution in [2.45, 2.75) is 62.0 Å². The molecule has 0 aromatic carbocycles. The zero-order chi connectivity index (χ0) is 21.3. The summed E-state index contributed by atoms with van der Waals surface area (Å²) in [5.41, 5.74) is -1.15. The van der Waals surface area contributed by atoms with Gasteiger partial charge in [0.2, 0.25) is 0 Å². The molecule has 11 nitrogen and oxygen atoms in total. The molecule has 1 fully saturated rings. The molecule has 14 heteroatoms. The van der Waals surface area contributed by atoms with Crippen molar-refractivity contribution in [3.8, 4) is 0 Å². The molecule has 0 amide bonds. The smallest absolute Gasteiger partial charge is 0.394 e. The Bertz CT molecular complexity index is 627. The van der Waals surface area contributed by atoms with Gasteiger partial charge in [0, 0.05) is 22.8 Å². The van der Waals surface area contributed by atoms with E-state index in [1.807, 2.05) is 0 Å². The number of ether oxygens (including phenoxy) is 1. The maximum absolute atomic E-state index is 11.0. The molecule has 5 N–H and O–H groups in total. The second kappa shape index (κ2) is 12.4. The first kappa shape index (κ1) is 25.7. The largest absolute Gasteiger partial charge is 0.466 e. The number of oxime groups is 1. The Kier molecular flexibility index (Phi) is 11.4. The lowest BCUT2D eigenvalue weighted by Gasteiger charge is -2.39. The Labute approximate surface area is 170 Å². The van der Waals surface area contributed by atoms with Crippen LogP contribution in [0.5, 0.6) is 0 Å². The molecule has 0 spiro atoms. The summed E-state index contributed by atoms with van der Waals surface area (Å²) in [6.45, 7) is -0.602. The first-order valence-corrected chi connectivity index (χ1v) is 12.5. The summed E-state index contributed by atoms with van der Waals surface area (Å²) in [5.74, 6) is 0.590. The van der Waals surface area contributed by atoms with Crippen LogP contribution in [-0.2, 0) is 30.2 Å². The Balaban J connectivity index is 2.70. The summed E-state index contributed by atoms with van der Waals surface area (Å²) >= 11 is 0.754. The third kappa shape index (κ3) is 9.45. The molecule has 1 heterocycles. The summed E-state index contributed by atoms with van der Waals surface area (Å²) in [7, 11) is -5.69. The van der Waals surface area contributed by atoms with Crippen LogP contribution in [0, 0.1) is 0 Å². The van der Waals surface area contributed by atoms with Crippen LogP contribution in [0.2, 0.25) is 0 Å². The lowest BCUT2D eigenvalue weighted by Crippen LogP contribution is -2.57. The molecule has 1 saturated heterocycles. The fourth-order valence-corrected chi connectivity index (χ4v) is 4.40. The van der Waals surface area contributed by atoms with E-state index in [4.69, 9.17) is 9.29 Å². The first-order valence-electron chi connectivity index (χ1n) is 8.55. The van der Waals surface area contributed by atoms with Crippen molar-refractivity contribution < 1.29 is 46.6 Å². The van der Waals surface area contributed by atoms with Crippen molar-refractivity contribution in [1.82, 2.24) is 0 Å². The number of hydrogen-bond acceptors (Lipinski definition) is 11. The molecule has 0 aromatic heterocycles. The molecular weight excluding hydrogens is 438 g/mol. The van der Waals surface area contributed by atoms with Crippen LogP contribution in [0.15, 0.2) is 5.16 Å². The Hall–Kier alpha value is -0.320. The highest BCUT2D eigenvalue weighted by Crippen LogP contribution is 2.30. The fourth-order valence-electron chi connectivity index (χ4n) is 2.45. The Morgan fingerprint density at radius 2 is 1.79 bits per heavy atom. The van der Waals surface area contributed by atoms with Gasteiger partial charge in [-0.15, -0.1) is 0 Å². The van der Waals surface area contributed by atoms with Crippen LogP contribution in [0.3, 0.4) is 0 Å². The minimum atomic E-state index is -4.82. The summed E-state index contributed by atoms with van der Waals surface area (Å²) in [6, 6.07) is 0. The molecule has 0 aliphatic carbocycles. The summed E-state index contributed by atoms with van der Waals surface area (Å²) in [6.07, 6.45) is -1.02. The number of thioether (sulfide) groups is 1. The number of unbranched alkanes of at least 4 members (excludes halogenated alkanes) is 3. The molecule has 0 saturated carbocycles. The van der Waals surface area contributed by atoms with Crippen molar-refractivity contribution in [2.75, 3.05) is 18.6 Å². The van der Waals surface area contributed by atoms with Crippen LogP contribution < -0.4 is 0 Å². The van der Waals surface area contributed by atoms with Gasteiger partial charge in [0.15, 0.2) is 0 Å². The van der Waals surface area contributed by atoms with Gasteiger partial charge in [-0.2, -0.15) is 8.42 Å². The average molecular weight is 466 g/mol. The molecular formula is C14H27NO10S3. The molecule has 166 valence electrons. The van der Waals surface area contributed by atoms with E-state index in [-0.39, 0.29) is 11.5 Å². The van der Waals surface area contributed by atoms with Crippen LogP contribution in [0.4, 0.5) is 0 Å². The van der Waals surface area contributed by atoms with Crippen molar-refractivity contribution in [2.24, 2.45) is 5.16 Å². The van der Waals surface area contributed by atoms with Gasteiger partial charge < -0.3 is 25.2 Å². The molecule has 1 aliphatic heterocycles. The SMILES string of the molecule is C[S@@](=O)CCCCCC/C(=N/OS(=O)(=O)O)S[C@@H]1O[C@H](CO)[C@@H](O)[C@H](O)[C@H]1O. The highest BCUT2D eigenvalue weighted by molar-refractivity contribution is 8.14. The quantitative estimate of drug-likeness (QED) is 0.0827. The van der Waals surface area contributed by atoms with E-state index < -0.39 is 57.7 Å². The van der Waals surface area contributed by atoms with E-state index in [9.17, 15) is 33.1 Å². The van der Waals surface area contributed by atoms with E-state index >= 15 is 0 Å². The Morgan fingerprint density at radius 3 is 2.36 bits per heavy atom. The molecule has 1 rings (SSSR count). The van der Waals surface area contributed by atoms with Crippen molar-refractivity contribution >= 4 is 38.0 Å². The monoisotopic (exact) mass is 465 g/mol. The molecule has 0 bridgehead atoms. The first-order chi connectivity index (χ1) is 13.0. The molecule has 0 radical (unpaired) electrons. The van der Waals surface area contributed by atoms with Gasteiger partial charge >= 0.3 is 10.4 Å². The molecule has 6 atom stereocenters. The van der Waals surface area contributed by atoms with Crippen molar-refractivity contribution in [3.63, 3.8) is 0 Å². The normalized spacial score (nSPS) is 30.2. The maximum Gasteiger partial charge on any atom is 0.466 e. The van der Waals surface area contributed by atoms with Gasteiger partial charge in [0.05, 0.1) is 6.61 Å². The highest BCUT2D eigenvalue weighted by Gasteiger charge is 2.44. The van der Waals surface area contributed by atoms with Crippen LogP contribution in [0.25, 0.3) is 0 Å². The number of hydrogen-bond donors (Lipinski definition) is 5. The van der Waals surface area contributed by atoms with Gasteiger partial charge in [-0.1, -0.05) is 29.8 Å². The predicted octanol–water partition coefficient (Wildman–Crippen LogP) is -1.02. The van der Waals surface area contributed by atoms with E-state index in [0.29, 0.717) is 12.2 Å². The third-order valence-electron chi connectivity index (χ3n) is 3.91. The van der Waals surface area contributed by atoms with E-state index in [1.54, 1.807) is 6.26 Å². The standard InChI is InChI=1S/C14H27NO10S3/c1-27(20)7-5-3-2-4-6-10(15-25-28(21,22)23)26-14-13(19)12(18)11(17)9(8-16)24-14/h9,11-14,16-19H,2-8H2,1H3,(H,21,22,23)/b15-10-/t9-,11-,12+,13-,14+,27-/m1/s1. The van der Waals surface area contributed by atoms with Gasteiger partial charge in [0.1, 0.15) is 34.9 Å². The van der Waals surface area contributed by atoms with E-state index in [2.05, 4.69) is 9.44 Å². The van der Waals surface area contributed by atoms with Crippen LogP contribution in [0.1, 0.15) is 32.1 Å². The van der Waals surface area contributed by atoms with Crippen LogP contribution >= 0.6 is 11.8 Å². The van der Waals surface area contributed by atoms with E-state index in [0.717, 1.165) is 31.0 Å². The Morgan fingerprint density at radius 1 is 1.14 bits per heavy atom. The van der Waals surface area contributed by atoms with Crippen molar-refractivity contribution in [1.29, 1.82) is 0 Å². The zero-order valence-corrected chi connectivity index (χ0v) is 17.7. The minimum absolute atomic E-state index is 0.0704. The molecule has 28 heavy (non-hydrogen) atoms. The topological polar surface area (TPSA) is 183 Å². The summed E-state index contributed by atoms with van der Waals surface area (Å²) in [5, 5.41) is 42.3. The fraction of sp³-hybridized carbons (Fsp3) is 0.929. The summed E-state index contributed by atoms with van der Waals surface area (Å²) < 4.78 is 50.6. The molecule has 0 unspecified atom stereocenters. The number of rotatable bonds is 11. The third-order valence-corrected chi connectivity index (χ3v) is 6.21. The lowest BCUT2D eigenvalue weighted by atomic mass is 10.0. The molecule has 1 aliphatic rings. The molecule has 0 aromatic rings. The van der Waals surface area contributed by atoms with Crippen molar-refractivity contribution in [3.05, 3.63) is 0 Å². The second-order valence-electron chi connectivity index (χ2n) is 6.24. The summed E-state index contributed by atoms with van der Waals surface area (Å²) in [4.78, 5) is 0. The average Bonchev–Trinajstić information content (AvgIpc) is 2.61. The van der Waals surface area contributed by atoms with Crippen LogP contribution in [-0.4, -0.2) is 91.1 Å². The highest BCUT2D eigenvalue weighted by atomic mass is 32.3.